The number of nitrogen functional groups attached to an aromatic ring is 1. The standard InChI is InChI=1S/C10H11NO5.ClH/c1-16-9-5(4-8(12)13)2-6(10(14)15)3-7(9)11;/h2-3H,4,11H2,1H3,(H,12,13)(H,14,15);1H. The van der Waals surface area contributed by atoms with Crippen LogP contribution in [-0.4, -0.2) is 29.3 Å². The lowest BCUT2D eigenvalue weighted by atomic mass is 10.1. The fourth-order valence-electron chi connectivity index (χ4n) is 1.38. The van der Waals surface area contributed by atoms with Crippen LogP contribution in [0.4, 0.5) is 5.69 Å². The number of ether oxygens (including phenoxy) is 1. The molecule has 0 heterocycles. The lowest BCUT2D eigenvalue weighted by Crippen LogP contribution is -2.07. The third kappa shape index (κ3) is 3.53. The van der Waals surface area contributed by atoms with Crippen molar-refractivity contribution < 1.29 is 24.5 Å². The number of nitrogens with two attached hydrogens (primary N) is 1. The predicted octanol–water partition coefficient (Wildman–Crippen LogP) is 1.02. The first kappa shape index (κ1) is 15.0. The number of methoxy groups -OCH3 is 1. The number of hydrogen-bond donors (Lipinski definition) is 3. The molecule has 0 spiro atoms. The fraction of sp³-hybridized carbons (Fsp3) is 0.200. The van der Waals surface area contributed by atoms with Gasteiger partial charge in [0, 0.05) is 5.56 Å². The molecular weight excluding hydrogens is 250 g/mol. The SMILES string of the molecule is COc1c(N)cc(C(=O)O)cc1CC(=O)O.Cl. The summed E-state index contributed by atoms with van der Waals surface area (Å²) in [7, 11) is 1.34. The molecule has 0 fully saturated rings. The van der Waals surface area contributed by atoms with Crippen LogP contribution in [0, 0.1) is 0 Å². The Labute approximate surface area is 103 Å². The number of carbonyl (C=O) groups is 2. The van der Waals surface area contributed by atoms with Gasteiger partial charge in [-0.1, -0.05) is 0 Å². The van der Waals surface area contributed by atoms with Crippen LogP contribution in [-0.2, 0) is 11.2 Å². The number of carboxylic acid groups (broad SMARTS) is 2. The number of benzene rings is 1. The van der Waals surface area contributed by atoms with E-state index in [2.05, 4.69) is 0 Å². The number of rotatable bonds is 4. The van der Waals surface area contributed by atoms with Gasteiger partial charge in [0.25, 0.3) is 0 Å². The van der Waals surface area contributed by atoms with Gasteiger partial charge < -0.3 is 20.7 Å². The molecule has 6 nitrogen and oxygen atoms in total. The third-order valence-corrected chi connectivity index (χ3v) is 1.99. The first-order valence-corrected chi connectivity index (χ1v) is 4.37. The predicted molar refractivity (Wildman–Crippen MR) is 63.0 cm³/mol. The topological polar surface area (TPSA) is 110 Å². The summed E-state index contributed by atoms with van der Waals surface area (Å²) in [5.74, 6) is -2.05. The van der Waals surface area contributed by atoms with Gasteiger partial charge in [-0.05, 0) is 12.1 Å². The molecule has 0 aliphatic heterocycles. The Morgan fingerprint density at radius 2 is 1.94 bits per heavy atom. The molecule has 0 unspecified atom stereocenters. The summed E-state index contributed by atoms with van der Waals surface area (Å²) in [6.45, 7) is 0. The monoisotopic (exact) mass is 261 g/mol. The largest absolute Gasteiger partial charge is 0.494 e. The molecule has 0 aliphatic carbocycles. The van der Waals surface area contributed by atoms with E-state index in [0.717, 1.165) is 0 Å². The van der Waals surface area contributed by atoms with Crippen LogP contribution in [0.3, 0.4) is 0 Å². The molecule has 1 aromatic rings. The van der Waals surface area contributed by atoms with E-state index in [-0.39, 0.29) is 41.4 Å². The van der Waals surface area contributed by atoms with Gasteiger partial charge in [-0.3, -0.25) is 4.79 Å². The zero-order valence-electron chi connectivity index (χ0n) is 8.97. The quantitative estimate of drug-likeness (QED) is 0.698. The molecule has 1 aromatic carbocycles. The summed E-state index contributed by atoms with van der Waals surface area (Å²) in [4.78, 5) is 21.3. The van der Waals surface area contributed by atoms with Crippen molar-refractivity contribution in [3.63, 3.8) is 0 Å². The van der Waals surface area contributed by atoms with E-state index in [4.69, 9.17) is 20.7 Å². The Balaban J connectivity index is 0.00000256. The third-order valence-electron chi connectivity index (χ3n) is 1.99. The van der Waals surface area contributed by atoms with Crippen LogP contribution in [0.2, 0.25) is 0 Å². The highest BCUT2D eigenvalue weighted by molar-refractivity contribution is 5.90. The van der Waals surface area contributed by atoms with E-state index in [1.165, 1.54) is 19.2 Å². The molecule has 0 bridgehead atoms. The molecule has 0 atom stereocenters. The average Bonchev–Trinajstić information content (AvgIpc) is 2.16. The van der Waals surface area contributed by atoms with Crippen molar-refractivity contribution in [1.29, 1.82) is 0 Å². The Morgan fingerprint density at radius 3 is 2.35 bits per heavy atom. The molecule has 0 saturated heterocycles. The second-order valence-corrected chi connectivity index (χ2v) is 3.13. The molecule has 0 amide bonds. The summed E-state index contributed by atoms with van der Waals surface area (Å²) >= 11 is 0. The van der Waals surface area contributed by atoms with Gasteiger partial charge in [-0.15, -0.1) is 12.4 Å². The summed E-state index contributed by atoms with van der Waals surface area (Å²) in [6.07, 6.45) is -0.339. The van der Waals surface area contributed by atoms with Crippen LogP contribution in [0.1, 0.15) is 15.9 Å². The number of aliphatic carboxylic acids is 1. The highest BCUT2D eigenvalue weighted by Crippen LogP contribution is 2.28. The first-order chi connectivity index (χ1) is 7.45. The van der Waals surface area contributed by atoms with Crippen molar-refractivity contribution in [2.45, 2.75) is 6.42 Å². The molecule has 0 radical (unpaired) electrons. The lowest BCUT2D eigenvalue weighted by molar-refractivity contribution is -0.136. The van der Waals surface area contributed by atoms with E-state index in [9.17, 15) is 9.59 Å². The zero-order valence-corrected chi connectivity index (χ0v) is 9.78. The van der Waals surface area contributed by atoms with Crippen LogP contribution < -0.4 is 10.5 Å². The minimum Gasteiger partial charge on any atom is -0.494 e. The zero-order chi connectivity index (χ0) is 12.3. The van der Waals surface area contributed by atoms with Crippen molar-refractivity contribution in [3.8, 4) is 5.75 Å². The smallest absolute Gasteiger partial charge is 0.335 e. The number of anilines is 1. The van der Waals surface area contributed by atoms with Gasteiger partial charge >= 0.3 is 11.9 Å². The van der Waals surface area contributed by atoms with Crippen molar-refractivity contribution in [2.75, 3.05) is 12.8 Å². The maximum absolute atomic E-state index is 10.7. The van der Waals surface area contributed by atoms with Crippen molar-refractivity contribution in [1.82, 2.24) is 0 Å². The number of halogens is 1. The molecule has 1 rings (SSSR count). The highest BCUT2D eigenvalue weighted by Gasteiger charge is 2.15. The van der Waals surface area contributed by atoms with E-state index in [1.54, 1.807) is 0 Å². The van der Waals surface area contributed by atoms with Crippen LogP contribution >= 0.6 is 12.4 Å². The van der Waals surface area contributed by atoms with Crippen molar-refractivity contribution in [2.24, 2.45) is 0 Å². The van der Waals surface area contributed by atoms with E-state index < -0.39 is 11.9 Å². The van der Waals surface area contributed by atoms with E-state index >= 15 is 0 Å². The molecule has 7 heteroatoms. The maximum Gasteiger partial charge on any atom is 0.335 e. The van der Waals surface area contributed by atoms with Gasteiger partial charge in [0.15, 0.2) is 0 Å². The Bertz CT molecular complexity index is 447. The first-order valence-electron chi connectivity index (χ1n) is 4.37. The van der Waals surface area contributed by atoms with Gasteiger partial charge in [-0.25, -0.2) is 4.79 Å². The minimum atomic E-state index is -1.17. The molecule has 0 saturated carbocycles. The van der Waals surface area contributed by atoms with E-state index in [0.29, 0.717) is 0 Å². The highest BCUT2D eigenvalue weighted by atomic mass is 35.5. The van der Waals surface area contributed by atoms with Crippen LogP contribution in [0.15, 0.2) is 12.1 Å². The second kappa shape index (κ2) is 5.95. The Morgan fingerprint density at radius 1 is 1.35 bits per heavy atom. The van der Waals surface area contributed by atoms with Gasteiger partial charge in [0.05, 0.1) is 24.8 Å². The fourth-order valence-corrected chi connectivity index (χ4v) is 1.38. The molecule has 94 valence electrons. The lowest BCUT2D eigenvalue weighted by Gasteiger charge is -2.10. The molecule has 0 aromatic heterocycles. The van der Waals surface area contributed by atoms with E-state index in [1.807, 2.05) is 0 Å². The van der Waals surface area contributed by atoms with Gasteiger partial charge in [-0.2, -0.15) is 0 Å². The Kier molecular flexibility index (Phi) is 5.27. The summed E-state index contributed by atoms with van der Waals surface area (Å²) in [5.41, 5.74) is 5.86. The second-order valence-electron chi connectivity index (χ2n) is 3.13. The summed E-state index contributed by atoms with van der Waals surface area (Å²) in [5, 5.41) is 17.5. The van der Waals surface area contributed by atoms with Crippen LogP contribution in [0.5, 0.6) is 5.75 Å². The van der Waals surface area contributed by atoms with Crippen LogP contribution in [0.25, 0.3) is 0 Å². The minimum absolute atomic E-state index is 0. The number of aromatic carboxylic acids is 1. The average molecular weight is 262 g/mol. The molecule has 17 heavy (non-hydrogen) atoms. The maximum atomic E-state index is 10.7. The van der Waals surface area contributed by atoms with Gasteiger partial charge in [0.2, 0.25) is 0 Å². The summed E-state index contributed by atoms with van der Waals surface area (Å²) < 4.78 is 4.93. The number of hydrogen-bond acceptors (Lipinski definition) is 4. The normalized spacial score (nSPS) is 9.24. The molecule has 4 N–H and O–H groups in total. The summed E-state index contributed by atoms with van der Waals surface area (Å²) in [6, 6.07) is 2.47. The van der Waals surface area contributed by atoms with Crippen molar-refractivity contribution >= 4 is 30.0 Å². The Hall–Kier alpha value is -1.95. The molecular formula is C10H12ClNO5. The number of carboxylic acids is 2. The van der Waals surface area contributed by atoms with Gasteiger partial charge in [0.1, 0.15) is 5.75 Å². The van der Waals surface area contributed by atoms with Crippen molar-refractivity contribution in [3.05, 3.63) is 23.3 Å². The molecule has 0 aliphatic rings.